The molecule has 0 radical (unpaired) electrons. The van der Waals surface area contributed by atoms with Gasteiger partial charge in [0.1, 0.15) is 17.1 Å². The zero-order chi connectivity index (χ0) is 16.0. The minimum absolute atomic E-state index is 0.00602. The highest BCUT2D eigenvalue weighted by molar-refractivity contribution is 5.90. The summed E-state index contributed by atoms with van der Waals surface area (Å²) in [6.45, 7) is 3.92. The number of anilines is 1. The lowest BCUT2D eigenvalue weighted by atomic mass is 10.1. The van der Waals surface area contributed by atoms with Crippen LogP contribution in [0.15, 0.2) is 12.1 Å². The molecule has 0 saturated heterocycles. The van der Waals surface area contributed by atoms with Crippen LogP contribution in [0.5, 0.6) is 0 Å². The maximum atomic E-state index is 13.7. The minimum Gasteiger partial charge on any atom is -0.478 e. The van der Waals surface area contributed by atoms with Gasteiger partial charge in [0, 0.05) is 18.2 Å². The first kappa shape index (κ1) is 16.9. The highest BCUT2D eigenvalue weighted by atomic mass is 19.1. The SMILES string of the molecule is CCCCCC(C)Nc1cc(F)c(C(=O)O)cc1[N+](=O)[O-]. The Balaban J connectivity index is 2.98. The molecule has 1 rings (SSSR count). The van der Waals surface area contributed by atoms with Gasteiger partial charge < -0.3 is 10.4 Å². The van der Waals surface area contributed by atoms with Crippen LogP contribution in [0.2, 0.25) is 0 Å². The van der Waals surface area contributed by atoms with E-state index in [0.717, 1.165) is 37.8 Å². The first-order chi connectivity index (χ1) is 9.86. The van der Waals surface area contributed by atoms with Crippen LogP contribution in [-0.4, -0.2) is 22.0 Å². The Morgan fingerprint density at radius 3 is 2.67 bits per heavy atom. The molecule has 1 atom stereocenters. The molecule has 0 fully saturated rings. The molecule has 0 saturated carbocycles. The summed E-state index contributed by atoms with van der Waals surface area (Å²) in [5, 5.41) is 22.7. The van der Waals surface area contributed by atoms with E-state index in [1.807, 2.05) is 6.92 Å². The van der Waals surface area contributed by atoms with E-state index in [1.54, 1.807) is 0 Å². The molecule has 0 aliphatic rings. The number of hydrogen-bond donors (Lipinski definition) is 2. The maximum Gasteiger partial charge on any atom is 0.338 e. The molecule has 1 aromatic carbocycles. The highest BCUT2D eigenvalue weighted by Crippen LogP contribution is 2.29. The number of halogens is 1. The van der Waals surface area contributed by atoms with E-state index in [4.69, 9.17) is 5.11 Å². The zero-order valence-corrected chi connectivity index (χ0v) is 12.1. The topological polar surface area (TPSA) is 92.5 Å². The molecule has 2 N–H and O–H groups in total. The number of carboxylic acids is 1. The summed E-state index contributed by atoms with van der Waals surface area (Å²) in [6, 6.07) is 1.56. The molecule has 1 aromatic rings. The van der Waals surface area contributed by atoms with Crippen LogP contribution in [0.3, 0.4) is 0 Å². The second-order valence-corrected chi connectivity index (χ2v) is 4.95. The quantitative estimate of drug-likeness (QED) is 0.432. The van der Waals surface area contributed by atoms with Crippen molar-refractivity contribution in [3.8, 4) is 0 Å². The molecule has 1 unspecified atom stereocenters. The summed E-state index contributed by atoms with van der Waals surface area (Å²) in [4.78, 5) is 21.1. The largest absolute Gasteiger partial charge is 0.478 e. The number of nitro groups is 1. The summed E-state index contributed by atoms with van der Waals surface area (Å²) in [5.74, 6) is -2.52. The first-order valence-corrected chi connectivity index (χ1v) is 6.84. The fraction of sp³-hybridized carbons (Fsp3) is 0.500. The summed E-state index contributed by atoms with van der Waals surface area (Å²) < 4.78 is 13.7. The number of carboxylic acid groups (broad SMARTS) is 1. The molecular weight excluding hydrogens is 279 g/mol. The minimum atomic E-state index is -1.53. The molecule has 0 aliphatic carbocycles. The predicted molar refractivity (Wildman–Crippen MR) is 77.2 cm³/mol. The molecule has 0 aromatic heterocycles. The Kier molecular flexibility index (Phi) is 6.08. The zero-order valence-electron chi connectivity index (χ0n) is 12.1. The van der Waals surface area contributed by atoms with Crippen molar-refractivity contribution >= 4 is 17.3 Å². The second kappa shape index (κ2) is 7.56. The molecule has 0 spiro atoms. The Morgan fingerprint density at radius 1 is 1.48 bits per heavy atom. The number of hydrogen-bond acceptors (Lipinski definition) is 4. The number of benzene rings is 1. The summed E-state index contributed by atoms with van der Waals surface area (Å²) >= 11 is 0. The fourth-order valence-corrected chi connectivity index (χ4v) is 2.03. The molecule has 116 valence electrons. The summed E-state index contributed by atoms with van der Waals surface area (Å²) in [7, 11) is 0. The van der Waals surface area contributed by atoms with Crippen LogP contribution in [0.1, 0.15) is 49.9 Å². The van der Waals surface area contributed by atoms with Crippen LogP contribution in [0.25, 0.3) is 0 Å². The molecular formula is C14H19FN2O4. The van der Waals surface area contributed by atoms with Crippen LogP contribution >= 0.6 is 0 Å². The fourth-order valence-electron chi connectivity index (χ4n) is 2.03. The molecule has 6 nitrogen and oxygen atoms in total. The Hall–Kier alpha value is -2.18. The molecule has 0 heterocycles. The first-order valence-electron chi connectivity index (χ1n) is 6.84. The van der Waals surface area contributed by atoms with Gasteiger partial charge >= 0.3 is 5.97 Å². The van der Waals surface area contributed by atoms with E-state index in [0.29, 0.717) is 0 Å². The van der Waals surface area contributed by atoms with Gasteiger partial charge in [0.15, 0.2) is 0 Å². The van der Waals surface area contributed by atoms with Crippen LogP contribution < -0.4 is 5.32 Å². The number of nitrogens with one attached hydrogen (secondary N) is 1. The van der Waals surface area contributed by atoms with Gasteiger partial charge in [0.2, 0.25) is 0 Å². The molecule has 21 heavy (non-hydrogen) atoms. The van der Waals surface area contributed by atoms with Gasteiger partial charge in [-0.25, -0.2) is 9.18 Å². The lowest BCUT2D eigenvalue weighted by molar-refractivity contribution is -0.384. The van der Waals surface area contributed by atoms with Crippen LogP contribution in [0, 0.1) is 15.9 Å². The summed E-state index contributed by atoms with van der Waals surface area (Å²) in [6.07, 6.45) is 3.89. The van der Waals surface area contributed by atoms with Crippen molar-refractivity contribution < 1.29 is 19.2 Å². The highest BCUT2D eigenvalue weighted by Gasteiger charge is 2.22. The Bertz CT molecular complexity index is 534. The van der Waals surface area contributed by atoms with E-state index < -0.39 is 28.0 Å². The monoisotopic (exact) mass is 298 g/mol. The molecule has 0 aliphatic heterocycles. The Morgan fingerprint density at radius 2 is 2.14 bits per heavy atom. The number of nitrogens with zero attached hydrogens (tertiary/aromatic N) is 1. The van der Waals surface area contributed by atoms with Crippen molar-refractivity contribution in [1.29, 1.82) is 0 Å². The maximum absolute atomic E-state index is 13.7. The van der Waals surface area contributed by atoms with Gasteiger partial charge in [0.05, 0.1) is 4.92 Å². The number of carbonyl (C=O) groups is 1. The number of unbranched alkanes of at least 4 members (excludes halogenated alkanes) is 2. The van der Waals surface area contributed by atoms with Crippen molar-refractivity contribution in [2.24, 2.45) is 0 Å². The lowest BCUT2D eigenvalue weighted by Gasteiger charge is -2.15. The third-order valence-corrected chi connectivity index (χ3v) is 3.16. The van der Waals surface area contributed by atoms with E-state index in [2.05, 4.69) is 12.2 Å². The van der Waals surface area contributed by atoms with Gasteiger partial charge in [-0.1, -0.05) is 26.2 Å². The number of aromatic carboxylic acids is 1. The number of nitro benzene ring substituents is 1. The third kappa shape index (κ3) is 4.70. The van der Waals surface area contributed by atoms with Gasteiger partial charge in [-0.2, -0.15) is 0 Å². The Labute approximate surface area is 122 Å². The standard InChI is InChI=1S/C14H19FN2O4/c1-3-4-5-6-9(2)16-12-8-11(15)10(14(18)19)7-13(12)17(20)21/h7-9,16H,3-6H2,1-2H3,(H,18,19). The summed E-state index contributed by atoms with van der Waals surface area (Å²) in [5.41, 5.74) is -1.13. The van der Waals surface area contributed by atoms with E-state index in [-0.39, 0.29) is 11.7 Å². The molecule has 7 heteroatoms. The van der Waals surface area contributed by atoms with Gasteiger partial charge in [-0.05, 0) is 13.3 Å². The van der Waals surface area contributed by atoms with Gasteiger partial charge in [-0.3, -0.25) is 10.1 Å². The van der Waals surface area contributed by atoms with E-state index >= 15 is 0 Å². The van der Waals surface area contributed by atoms with E-state index in [1.165, 1.54) is 0 Å². The van der Waals surface area contributed by atoms with Crippen molar-refractivity contribution in [2.45, 2.75) is 45.6 Å². The lowest BCUT2D eigenvalue weighted by Crippen LogP contribution is -2.16. The third-order valence-electron chi connectivity index (χ3n) is 3.16. The van der Waals surface area contributed by atoms with Gasteiger partial charge in [-0.15, -0.1) is 0 Å². The van der Waals surface area contributed by atoms with Crippen molar-refractivity contribution in [2.75, 3.05) is 5.32 Å². The second-order valence-electron chi connectivity index (χ2n) is 4.95. The van der Waals surface area contributed by atoms with E-state index in [9.17, 15) is 19.3 Å². The normalized spacial score (nSPS) is 12.0. The molecule has 0 amide bonds. The number of rotatable bonds is 8. The average molecular weight is 298 g/mol. The average Bonchev–Trinajstić information content (AvgIpc) is 2.38. The van der Waals surface area contributed by atoms with Crippen molar-refractivity contribution in [1.82, 2.24) is 0 Å². The van der Waals surface area contributed by atoms with Crippen LogP contribution in [0.4, 0.5) is 15.8 Å². The molecule has 0 bridgehead atoms. The van der Waals surface area contributed by atoms with Crippen molar-refractivity contribution in [3.63, 3.8) is 0 Å². The van der Waals surface area contributed by atoms with Crippen LogP contribution in [-0.2, 0) is 0 Å². The van der Waals surface area contributed by atoms with Gasteiger partial charge in [0.25, 0.3) is 5.69 Å². The van der Waals surface area contributed by atoms with Crippen molar-refractivity contribution in [3.05, 3.63) is 33.6 Å². The predicted octanol–water partition coefficient (Wildman–Crippen LogP) is 3.81. The smallest absolute Gasteiger partial charge is 0.338 e.